The molecule has 1 aliphatic heterocycles. The van der Waals surface area contributed by atoms with Gasteiger partial charge in [-0.3, -0.25) is 4.79 Å². The first-order valence-electron chi connectivity index (χ1n) is 6.31. The Balaban J connectivity index is 1.93. The van der Waals surface area contributed by atoms with Crippen LogP contribution in [0, 0.1) is 5.92 Å². The molecule has 1 heterocycles. The minimum Gasteiger partial charge on any atom is -0.381 e. The number of nitrogens with zero attached hydrogens (tertiary/aromatic N) is 1. The van der Waals surface area contributed by atoms with Crippen molar-refractivity contribution in [2.75, 3.05) is 26.8 Å². The largest absolute Gasteiger partial charge is 0.381 e. The first kappa shape index (κ1) is 13.1. The van der Waals surface area contributed by atoms with Gasteiger partial charge < -0.3 is 15.4 Å². The van der Waals surface area contributed by atoms with Gasteiger partial charge in [0.1, 0.15) is 6.04 Å². The van der Waals surface area contributed by atoms with Gasteiger partial charge >= 0.3 is 0 Å². The van der Waals surface area contributed by atoms with E-state index in [-0.39, 0.29) is 5.91 Å². The van der Waals surface area contributed by atoms with Crippen LogP contribution in [0.3, 0.4) is 0 Å². The summed E-state index contributed by atoms with van der Waals surface area (Å²) >= 11 is 0. The zero-order valence-electron chi connectivity index (χ0n) is 10.7. The van der Waals surface area contributed by atoms with Crippen LogP contribution in [0.1, 0.15) is 18.0 Å². The molecule has 1 aromatic carbocycles. The van der Waals surface area contributed by atoms with Gasteiger partial charge in [0.25, 0.3) is 0 Å². The van der Waals surface area contributed by atoms with Crippen molar-refractivity contribution in [2.24, 2.45) is 11.7 Å². The van der Waals surface area contributed by atoms with Crippen LogP contribution >= 0.6 is 0 Å². The van der Waals surface area contributed by atoms with E-state index in [1.807, 2.05) is 37.4 Å². The van der Waals surface area contributed by atoms with Crippen LogP contribution in [0.25, 0.3) is 0 Å². The maximum atomic E-state index is 12.2. The second-order valence-electron chi connectivity index (χ2n) is 4.84. The van der Waals surface area contributed by atoms with Crippen molar-refractivity contribution in [1.29, 1.82) is 0 Å². The highest BCUT2D eigenvalue weighted by molar-refractivity contribution is 5.82. The molecular formula is C14H20N2O2. The zero-order valence-corrected chi connectivity index (χ0v) is 10.7. The van der Waals surface area contributed by atoms with Crippen LogP contribution in [0.15, 0.2) is 30.3 Å². The van der Waals surface area contributed by atoms with Crippen molar-refractivity contribution in [3.8, 4) is 0 Å². The monoisotopic (exact) mass is 248 g/mol. The number of rotatable bonds is 4. The molecule has 1 fully saturated rings. The fourth-order valence-electron chi connectivity index (χ4n) is 2.24. The molecule has 0 spiro atoms. The lowest BCUT2D eigenvalue weighted by atomic mass is 10.1. The third-order valence-corrected chi connectivity index (χ3v) is 3.36. The molecule has 1 aromatic rings. The Kier molecular flexibility index (Phi) is 4.33. The number of hydrogen-bond donors (Lipinski definition) is 1. The van der Waals surface area contributed by atoms with E-state index in [9.17, 15) is 4.79 Å². The summed E-state index contributed by atoms with van der Waals surface area (Å²) in [5.74, 6) is 0.412. The van der Waals surface area contributed by atoms with E-state index in [4.69, 9.17) is 10.5 Å². The molecule has 4 heteroatoms. The summed E-state index contributed by atoms with van der Waals surface area (Å²) in [6.45, 7) is 2.27. The van der Waals surface area contributed by atoms with Gasteiger partial charge in [-0.15, -0.1) is 0 Å². The third kappa shape index (κ3) is 3.09. The molecule has 18 heavy (non-hydrogen) atoms. The molecule has 0 bridgehead atoms. The number of nitrogens with two attached hydrogens (primary N) is 1. The van der Waals surface area contributed by atoms with Crippen molar-refractivity contribution in [2.45, 2.75) is 12.5 Å². The second kappa shape index (κ2) is 5.98. The molecule has 2 rings (SSSR count). The summed E-state index contributed by atoms with van der Waals surface area (Å²) in [6, 6.07) is 8.91. The molecule has 2 unspecified atom stereocenters. The number of carbonyl (C=O) groups is 1. The van der Waals surface area contributed by atoms with Gasteiger partial charge in [0.2, 0.25) is 5.91 Å². The first-order valence-corrected chi connectivity index (χ1v) is 6.31. The van der Waals surface area contributed by atoms with Crippen LogP contribution < -0.4 is 5.73 Å². The van der Waals surface area contributed by atoms with Gasteiger partial charge in [-0.05, 0) is 12.0 Å². The van der Waals surface area contributed by atoms with Gasteiger partial charge in [-0.2, -0.15) is 0 Å². The van der Waals surface area contributed by atoms with E-state index >= 15 is 0 Å². The average molecular weight is 248 g/mol. The standard InChI is InChI=1S/C14H20N2O2/c1-16(9-11-7-8-18-10-11)14(17)13(15)12-5-3-2-4-6-12/h2-6,11,13H,7-10,15H2,1H3. The summed E-state index contributed by atoms with van der Waals surface area (Å²) in [6.07, 6.45) is 1.03. The van der Waals surface area contributed by atoms with Gasteiger partial charge in [0, 0.05) is 26.1 Å². The molecule has 0 aromatic heterocycles. The fourth-order valence-corrected chi connectivity index (χ4v) is 2.24. The smallest absolute Gasteiger partial charge is 0.243 e. The Morgan fingerprint density at radius 2 is 2.22 bits per heavy atom. The highest BCUT2D eigenvalue weighted by atomic mass is 16.5. The summed E-state index contributed by atoms with van der Waals surface area (Å²) in [5, 5.41) is 0. The molecule has 0 radical (unpaired) electrons. The third-order valence-electron chi connectivity index (χ3n) is 3.36. The normalized spacial score (nSPS) is 20.7. The molecule has 1 saturated heterocycles. The van der Waals surface area contributed by atoms with Crippen LogP contribution in [0.5, 0.6) is 0 Å². The zero-order chi connectivity index (χ0) is 13.0. The summed E-state index contributed by atoms with van der Waals surface area (Å²) < 4.78 is 5.31. The number of likely N-dealkylation sites (N-methyl/N-ethyl adjacent to an activating group) is 1. The lowest BCUT2D eigenvalue weighted by molar-refractivity contribution is -0.132. The van der Waals surface area contributed by atoms with Crippen molar-refractivity contribution >= 4 is 5.91 Å². The van der Waals surface area contributed by atoms with E-state index in [2.05, 4.69) is 0 Å². The van der Waals surface area contributed by atoms with Crippen molar-refractivity contribution < 1.29 is 9.53 Å². The Labute approximate surface area is 108 Å². The molecule has 98 valence electrons. The predicted octanol–water partition coefficient (Wildman–Crippen LogP) is 1.18. The molecule has 1 amide bonds. The molecule has 2 atom stereocenters. The van der Waals surface area contributed by atoms with Crippen molar-refractivity contribution in [1.82, 2.24) is 4.90 Å². The van der Waals surface area contributed by atoms with E-state index in [1.165, 1.54) is 0 Å². The van der Waals surface area contributed by atoms with E-state index in [1.54, 1.807) is 4.90 Å². The quantitative estimate of drug-likeness (QED) is 0.870. The minimum atomic E-state index is -0.571. The minimum absolute atomic E-state index is 0.0342. The second-order valence-corrected chi connectivity index (χ2v) is 4.84. The van der Waals surface area contributed by atoms with Gasteiger partial charge in [0.15, 0.2) is 0 Å². The molecule has 0 saturated carbocycles. The first-order chi connectivity index (χ1) is 8.68. The molecule has 1 aliphatic rings. The van der Waals surface area contributed by atoms with Crippen molar-refractivity contribution in [3.63, 3.8) is 0 Å². The molecule has 4 nitrogen and oxygen atoms in total. The van der Waals surface area contributed by atoms with E-state index in [0.29, 0.717) is 5.92 Å². The maximum absolute atomic E-state index is 12.2. The molecular weight excluding hydrogens is 228 g/mol. The Morgan fingerprint density at radius 1 is 1.50 bits per heavy atom. The van der Waals surface area contributed by atoms with Crippen LogP contribution in [-0.4, -0.2) is 37.6 Å². The SMILES string of the molecule is CN(CC1CCOC1)C(=O)C(N)c1ccccc1. The Bertz CT molecular complexity index is 388. The van der Waals surface area contributed by atoms with Crippen LogP contribution in [-0.2, 0) is 9.53 Å². The summed E-state index contributed by atoms with van der Waals surface area (Å²) in [7, 11) is 1.81. The maximum Gasteiger partial charge on any atom is 0.243 e. The number of ether oxygens (including phenoxy) is 1. The topological polar surface area (TPSA) is 55.6 Å². The van der Waals surface area contributed by atoms with Crippen molar-refractivity contribution in [3.05, 3.63) is 35.9 Å². The van der Waals surface area contributed by atoms with Crippen LogP contribution in [0.4, 0.5) is 0 Å². The predicted molar refractivity (Wildman–Crippen MR) is 69.9 cm³/mol. The number of carbonyl (C=O) groups excluding carboxylic acids is 1. The molecule has 0 aliphatic carbocycles. The number of amides is 1. The molecule has 2 N–H and O–H groups in total. The Hall–Kier alpha value is -1.39. The van der Waals surface area contributed by atoms with Gasteiger partial charge in [-0.25, -0.2) is 0 Å². The van der Waals surface area contributed by atoms with Gasteiger partial charge in [0.05, 0.1) is 6.61 Å². The fraction of sp³-hybridized carbons (Fsp3) is 0.500. The highest BCUT2D eigenvalue weighted by Crippen LogP contribution is 2.16. The average Bonchev–Trinajstić information content (AvgIpc) is 2.91. The number of hydrogen-bond acceptors (Lipinski definition) is 3. The lowest BCUT2D eigenvalue weighted by Gasteiger charge is -2.23. The van der Waals surface area contributed by atoms with Crippen LogP contribution in [0.2, 0.25) is 0 Å². The van der Waals surface area contributed by atoms with E-state index in [0.717, 1.165) is 31.7 Å². The lowest BCUT2D eigenvalue weighted by Crippen LogP contribution is -2.38. The van der Waals surface area contributed by atoms with E-state index < -0.39 is 6.04 Å². The number of benzene rings is 1. The Morgan fingerprint density at radius 3 is 2.83 bits per heavy atom. The highest BCUT2D eigenvalue weighted by Gasteiger charge is 2.24. The van der Waals surface area contributed by atoms with Gasteiger partial charge in [-0.1, -0.05) is 30.3 Å². The summed E-state index contributed by atoms with van der Waals surface area (Å²) in [4.78, 5) is 13.9. The summed E-state index contributed by atoms with van der Waals surface area (Å²) in [5.41, 5.74) is 6.85.